The molecule has 0 amide bonds. The highest BCUT2D eigenvalue weighted by Crippen LogP contribution is 2.43. The molecule has 0 N–H and O–H groups in total. The Morgan fingerprint density at radius 2 is 2.20 bits per heavy atom. The van der Waals surface area contributed by atoms with Crippen molar-refractivity contribution in [3.8, 4) is 5.75 Å². The van der Waals surface area contributed by atoms with Gasteiger partial charge in [0.25, 0.3) is 0 Å². The van der Waals surface area contributed by atoms with Crippen molar-refractivity contribution in [3.05, 3.63) is 48.3 Å². The highest BCUT2D eigenvalue weighted by Gasteiger charge is 2.28. The van der Waals surface area contributed by atoms with Gasteiger partial charge in [-0.3, -0.25) is 4.98 Å². The summed E-state index contributed by atoms with van der Waals surface area (Å²) >= 11 is 1.77. The number of hydrogen-bond donors (Lipinski definition) is 0. The van der Waals surface area contributed by atoms with Gasteiger partial charge >= 0.3 is 0 Å². The first-order valence-electron chi connectivity index (χ1n) is 6.47. The van der Waals surface area contributed by atoms with Crippen LogP contribution in [0.3, 0.4) is 0 Å². The molecule has 20 heavy (non-hydrogen) atoms. The lowest BCUT2D eigenvalue weighted by Gasteiger charge is -2.09. The summed E-state index contributed by atoms with van der Waals surface area (Å²) in [4.78, 5) is 9.15. The standard InChI is InChI=1S/C15H13N3OS/c1-19-10-6-7-16-12(8-10)14-9-18-13-5-3-2-4-11(13)17-15(18)20-14/h2-8,14H,9H2,1H3. The molecular weight excluding hydrogens is 270 g/mol. The zero-order valence-corrected chi connectivity index (χ0v) is 11.8. The fraction of sp³-hybridized carbons (Fsp3) is 0.200. The average Bonchev–Trinajstić information content (AvgIpc) is 3.05. The van der Waals surface area contributed by atoms with E-state index >= 15 is 0 Å². The maximum Gasteiger partial charge on any atom is 0.169 e. The van der Waals surface area contributed by atoms with Crippen molar-refractivity contribution in [2.75, 3.05) is 7.11 Å². The first-order valence-corrected chi connectivity index (χ1v) is 7.35. The average molecular weight is 283 g/mol. The number of imidazole rings is 1. The Bertz CT molecular complexity index is 784. The quantitative estimate of drug-likeness (QED) is 0.723. The summed E-state index contributed by atoms with van der Waals surface area (Å²) in [5, 5.41) is 1.37. The van der Waals surface area contributed by atoms with E-state index in [9.17, 15) is 0 Å². The molecule has 0 spiro atoms. The molecule has 3 heterocycles. The smallest absolute Gasteiger partial charge is 0.169 e. The minimum Gasteiger partial charge on any atom is -0.497 e. The Hall–Kier alpha value is -2.01. The van der Waals surface area contributed by atoms with Gasteiger partial charge in [-0.25, -0.2) is 4.98 Å². The van der Waals surface area contributed by atoms with Crippen LogP contribution < -0.4 is 4.74 Å². The number of nitrogens with zero attached hydrogens (tertiary/aromatic N) is 3. The van der Waals surface area contributed by atoms with Crippen LogP contribution in [0.5, 0.6) is 5.75 Å². The monoisotopic (exact) mass is 283 g/mol. The van der Waals surface area contributed by atoms with E-state index < -0.39 is 0 Å². The van der Waals surface area contributed by atoms with Gasteiger partial charge in [-0.2, -0.15) is 0 Å². The van der Waals surface area contributed by atoms with E-state index in [2.05, 4.69) is 32.7 Å². The largest absolute Gasteiger partial charge is 0.497 e. The van der Waals surface area contributed by atoms with Crippen LogP contribution in [0.25, 0.3) is 11.0 Å². The van der Waals surface area contributed by atoms with Crippen LogP contribution in [0.2, 0.25) is 0 Å². The van der Waals surface area contributed by atoms with E-state index in [0.29, 0.717) is 5.25 Å². The molecule has 1 atom stereocenters. The second kappa shape index (κ2) is 4.52. The van der Waals surface area contributed by atoms with E-state index in [1.807, 2.05) is 18.2 Å². The first-order chi connectivity index (χ1) is 9.85. The van der Waals surface area contributed by atoms with Crippen molar-refractivity contribution in [1.82, 2.24) is 14.5 Å². The first kappa shape index (κ1) is 11.8. The van der Waals surface area contributed by atoms with Crippen molar-refractivity contribution in [2.24, 2.45) is 0 Å². The summed E-state index contributed by atoms with van der Waals surface area (Å²) in [5.74, 6) is 0.852. The maximum atomic E-state index is 5.27. The topological polar surface area (TPSA) is 39.9 Å². The third kappa shape index (κ3) is 1.78. The SMILES string of the molecule is COc1ccnc(C2Cn3c(nc4ccccc43)S2)c1. The Morgan fingerprint density at radius 3 is 3.10 bits per heavy atom. The Balaban J connectivity index is 1.71. The third-order valence-corrected chi connectivity index (χ3v) is 4.73. The normalized spacial score (nSPS) is 17.4. The van der Waals surface area contributed by atoms with Crippen molar-refractivity contribution in [1.29, 1.82) is 0 Å². The second-order valence-corrected chi connectivity index (χ2v) is 5.89. The fourth-order valence-electron chi connectivity index (χ4n) is 2.54. The summed E-state index contributed by atoms with van der Waals surface area (Å²) < 4.78 is 7.54. The number of aromatic nitrogens is 3. The number of fused-ring (bicyclic) bond motifs is 3. The van der Waals surface area contributed by atoms with E-state index in [1.54, 1.807) is 25.1 Å². The van der Waals surface area contributed by atoms with Crippen molar-refractivity contribution >= 4 is 22.8 Å². The number of benzene rings is 1. The van der Waals surface area contributed by atoms with Gasteiger partial charge in [0.05, 0.1) is 29.1 Å². The highest BCUT2D eigenvalue weighted by molar-refractivity contribution is 7.99. The summed E-state index contributed by atoms with van der Waals surface area (Å²) in [6, 6.07) is 12.1. The third-order valence-electron chi connectivity index (χ3n) is 3.53. The molecule has 0 saturated carbocycles. The predicted molar refractivity (Wildman–Crippen MR) is 79.1 cm³/mol. The number of rotatable bonds is 2. The molecule has 2 aromatic heterocycles. The van der Waals surface area contributed by atoms with Gasteiger partial charge in [0.2, 0.25) is 0 Å². The molecule has 0 aliphatic carbocycles. The lowest BCUT2D eigenvalue weighted by atomic mass is 10.2. The van der Waals surface area contributed by atoms with E-state index in [0.717, 1.165) is 28.7 Å². The van der Waals surface area contributed by atoms with Crippen LogP contribution in [0, 0.1) is 0 Å². The number of ether oxygens (including phenoxy) is 1. The van der Waals surface area contributed by atoms with Crippen molar-refractivity contribution in [3.63, 3.8) is 0 Å². The highest BCUT2D eigenvalue weighted by atomic mass is 32.2. The van der Waals surface area contributed by atoms with Gasteiger partial charge in [-0.05, 0) is 18.2 Å². The second-order valence-electron chi connectivity index (χ2n) is 4.72. The minimum atomic E-state index is 0.303. The molecule has 0 fully saturated rings. The molecular formula is C15H13N3OS. The van der Waals surface area contributed by atoms with Gasteiger partial charge in [0.1, 0.15) is 5.75 Å². The van der Waals surface area contributed by atoms with Crippen LogP contribution >= 0.6 is 11.8 Å². The van der Waals surface area contributed by atoms with E-state index in [-0.39, 0.29) is 0 Å². The molecule has 1 aromatic carbocycles. The van der Waals surface area contributed by atoms with Crippen molar-refractivity contribution < 1.29 is 4.74 Å². The van der Waals surface area contributed by atoms with Crippen LogP contribution in [0.15, 0.2) is 47.8 Å². The molecule has 0 bridgehead atoms. The lowest BCUT2D eigenvalue weighted by molar-refractivity contribution is 0.413. The van der Waals surface area contributed by atoms with Gasteiger partial charge in [0, 0.05) is 18.8 Å². The van der Waals surface area contributed by atoms with Crippen LogP contribution in [0.4, 0.5) is 0 Å². The number of pyridine rings is 1. The molecule has 1 aliphatic heterocycles. The van der Waals surface area contributed by atoms with Crippen LogP contribution in [-0.2, 0) is 6.54 Å². The molecule has 100 valence electrons. The number of methoxy groups -OCH3 is 1. The zero-order chi connectivity index (χ0) is 13.5. The zero-order valence-electron chi connectivity index (χ0n) is 11.0. The van der Waals surface area contributed by atoms with Gasteiger partial charge < -0.3 is 9.30 Å². The summed E-state index contributed by atoms with van der Waals surface area (Å²) in [6.07, 6.45) is 1.80. The molecule has 1 unspecified atom stereocenters. The van der Waals surface area contributed by atoms with Crippen molar-refractivity contribution in [2.45, 2.75) is 17.0 Å². The summed E-state index contributed by atoms with van der Waals surface area (Å²) in [5.41, 5.74) is 3.30. The molecule has 4 rings (SSSR count). The summed E-state index contributed by atoms with van der Waals surface area (Å²) in [7, 11) is 1.68. The van der Waals surface area contributed by atoms with E-state index in [4.69, 9.17) is 4.74 Å². The van der Waals surface area contributed by atoms with Gasteiger partial charge in [0.15, 0.2) is 5.16 Å². The predicted octanol–water partition coefficient (Wildman–Crippen LogP) is 3.29. The van der Waals surface area contributed by atoms with Gasteiger partial charge in [-0.15, -0.1) is 0 Å². The Labute approximate surface area is 120 Å². The summed E-state index contributed by atoms with van der Waals surface area (Å²) in [6.45, 7) is 0.903. The van der Waals surface area contributed by atoms with Crippen LogP contribution in [0.1, 0.15) is 10.9 Å². The van der Waals surface area contributed by atoms with Crippen LogP contribution in [-0.4, -0.2) is 21.6 Å². The molecule has 3 aromatic rings. The molecule has 5 heteroatoms. The number of hydrogen-bond acceptors (Lipinski definition) is 4. The molecule has 0 saturated heterocycles. The number of thioether (sulfide) groups is 1. The van der Waals surface area contributed by atoms with E-state index in [1.165, 1.54) is 5.52 Å². The lowest BCUT2D eigenvalue weighted by Crippen LogP contribution is -2.01. The minimum absolute atomic E-state index is 0.303. The van der Waals surface area contributed by atoms with Gasteiger partial charge in [-0.1, -0.05) is 23.9 Å². The molecule has 4 nitrogen and oxygen atoms in total. The molecule has 0 radical (unpaired) electrons. The Kier molecular flexibility index (Phi) is 2.67. The number of para-hydroxylation sites is 2. The molecule has 1 aliphatic rings. The fourth-order valence-corrected chi connectivity index (χ4v) is 3.71. The maximum absolute atomic E-state index is 5.27. The Morgan fingerprint density at radius 1 is 1.30 bits per heavy atom.